The maximum atomic E-state index is 9.00. The Labute approximate surface area is 94.7 Å². The zero-order valence-corrected chi connectivity index (χ0v) is 10.2. The van der Waals surface area contributed by atoms with Crippen molar-refractivity contribution < 1.29 is 5.11 Å². The molecule has 0 saturated heterocycles. The Bertz CT molecular complexity index is 145. The second-order valence-electron chi connectivity index (χ2n) is 4.76. The molecule has 0 heterocycles. The van der Waals surface area contributed by atoms with Crippen LogP contribution in [0.4, 0.5) is 0 Å². The lowest BCUT2D eigenvalue weighted by Gasteiger charge is -2.37. The molecule has 1 N–H and O–H groups in total. The Morgan fingerprint density at radius 3 is 2.33 bits per heavy atom. The van der Waals surface area contributed by atoms with Crippen LogP contribution in [0, 0.1) is 0 Å². The maximum Gasteiger partial charge on any atom is 0.0558 e. The number of rotatable bonds is 9. The van der Waals surface area contributed by atoms with Crippen LogP contribution in [-0.4, -0.2) is 35.7 Å². The molecule has 0 aromatic carbocycles. The van der Waals surface area contributed by atoms with Crippen molar-refractivity contribution in [3.05, 3.63) is 0 Å². The monoisotopic (exact) mass is 213 g/mol. The summed E-state index contributed by atoms with van der Waals surface area (Å²) < 4.78 is 0. The van der Waals surface area contributed by atoms with Gasteiger partial charge in [-0.1, -0.05) is 39.0 Å². The highest BCUT2D eigenvalue weighted by Gasteiger charge is 2.23. The summed E-state index contributed by atoms with van der Waals surface area (Å²) in [4.78, 5) is 2.50. The molecule has 2 heteroatoms. The van der Waals surface area contributed by atoms with Gasteiger partial charge in [0.15, 0.2) is 0 Å². The summed E-state index contributed by atoms with van der Waals surface area (Å²) >= 11 is 0. The van der Waals surface area contributed by atoms with Gasteiger partial charge in [0.1, 0.15) is 0 Å². The molecular weight excluding hydrogens is 186 g/mol. The number of aliphatic hydroxyl groups excluding tert-OH is 1. The van der Waals surface area contributed by atoms with E-state index in [0.29, 0.717) is 6.61 Å². The standard InChI is InChI=1S/C13H27NO/c1-2-3-4-5-6-10-14(11-12-15)13-8-7-9-13/h13,15H,2-12H2,1H3. The minimum absolute atomic E-state index is 0.325. The Morgan fingerprint density at radius 2 is 1.80 bits per heavy atom. The summed E-state index contributed by atoms with van der Waals surface area (Å²) in [6.45, 7) is 4.67. The normalized spacial score (nSPS) is 17.0. The Morgan fingerprint density at radius 1 is 1.07 bits per heavy atom. The van der Waals surface area contributed by atoms with Crippen molar-refractivity contribution in [3.63, 3.8) is 0 Å². The molecule has 90 valence electrons. The fraction of sp³-hybridized carbons (Fsp3) is 1.00. The van der Waals surface area contributed by atoms with Gasteiger partial charge in [-0.25, -0.2) is 0 Å². The van der Waals surface area contributed by atoms with E-state index in [1.807, 2.05) is 0 Å². The third kappa shape index (κ3) is 4.98. The summed E-state index contributed by atoms with van der Waals surface area (Å²) in [7, 11) is 0. The maximum absolute atomic E-state index is 9.00. The number of hydrogen-bond donors (Lipinski definition) is 1. The number of hydrogen-bond acceptors (Lipinski definition) is 2. The van der Waals surface area contributed by atoms with Crippen LogP contribution < -0.4 is 0 Å². The molecular formula is C13H27NO. The second-order valence-corrected chi connectivity index (χ2v) is 4.76. The minimum atomic E-state index is 0.325. The smallest absolute Gasteiger partial charge is 0.0558 e. The van der Waals surface area contributed by atoms with Crippen LogP contribution in [-0.2, 0) is 0 Å². The molecule has 1 saturated carbocycles. The number of nitrogens with zero attached hydrogens (tertiary/aromatic N) is 1. The highest BCUT2D eigenvalue weighted by Crippen LogP contribution is 2.24. The largest absolute Gasteiger partial charge is 0.395 e. The average molecular weight is 213 g/mol. The fourth-order valence-electron chi connectivity index (χ4n) is 2.28. The first-order chi connectivity index (χ1) is 7.38. The molecule has 0 radical (unpaired) electrons. The highest BCUT2D eigenvalue weighted by molar-refractivity contribution is 4.79. The Hall–Kier alpha value is -0.0800. The first-order valence-electron chi connectivity index (χ1n) is 6.73. The molecule has 1 aliphatic rings. The fourth-order valence-corrected chi connectivity index (χ4v) is 2.28. The molecule has 1 aliphatic carbocycles. The van der Waals surface area contributed by atoms with Gasteiger partial charge in [-0.3, -0.25) is 4.90 Å². The number of unbranched alkanes of at least 4 members (excludes halogenated alkanes) is 4. The van der Waals surface area contributed by atoms with Gasteiger partial charge in [0.25, 0.3) is 0 Å². The van der Waals surface area contributed by atoms with Crippen molar-refractivity contribution in [1.82, 2.24) is 4.90 Å². The predicted molar refractivity (Wildman–Crippen MR) is 65.1 cm³/mol. The van der Waals surface area contributed by atoms with Crippen molar-refractivity contribution >= 4 is 0 Å². The summed E-state index contributed by atoms with van der Waals surface area (Å²) in [5.74, 6) is 0. The quantitative estimate of drug-likeness (QED) is 0.595. The third-order valence-corrected chi connectivity index (χ3v) is 3.53. The van der Waals surface area contributed by atoms with E-state index in [1.165, 1.54) is 57.9 Å². The summed E-state index contributed by atoms with van der Waals surface area (Å²) in [6.07, 6.45) is 10.9. The van der Waals surface area contributed by atoms with Crippen LogP contribution in [0.15, 0.2) is 0 Å². The van der Waals surface area contributed by atoms with E-state index < -0.39 is 0 Å². The second kappa shape index (κ2) is 8.12. The lowest BCUT2D eigenvalue weighted by atomic mass is 9.91. The number of aliphatic hydroxyl groups is 1. The lowest BCUT2D eigenvalue weighted by molar-refractivity contribution is 0.0994. The van der Waals surface area contributed by atoms with Crippen LogP contribution in [0.25, 0.3) is 0 Å². The molecule has 0 unspecified atom stereocenters. The first-order valence-corrected chi connectivity index (χ1v) is 6.73. The molecule has 1 fully saturated rings. The molecule has 0 amide bonds. The molecule has 0 bridgehead atoms. The van der Waals surface area contributed by atoms with Gasteiger partial charge in [0, 0.05) is 12.6 Å². The van der Waals surface area contributed by atoms with Gasteiger partial charge < -0.3 is 5.11 Å². The summed E-state index contributed by atoms with van der Waals surface area (Å²) in [5.41, 5.74) is 0. The van der Waals surface area contributed by atoms with Gasteiger partial charge in [0.05, 0.1) is 6.61 Å². The van der Waals surface area contributed by atoms with Crippen LogP contribution in [0.3, 0.4) is 0 Å². The first kappa shape index (κ1) is 13.0. The zero-order chi connectivity index (χ0) is 10.9. The van der Waals surface area contributed by atoms with E-state index in [4.69, 9.17) is 5.11 Å². The molecule has 0 aromatic heterocycles. The van der Waals surface area contributed by atoms with Crippen LogP contribution in [0.1, 0.15) is 58.3 Å². The minimum Gasteiger partial charge on any atom is -0.395 e. The molecule has 0 aliphatic heterocycles. The van der Waals surface area contributed by atoms with Crippen molar-refractivity contribution in [2.24, 2.45) is 0 Å². The topological polar surface area (TPSA) is 23.5 Å². The van der Waals surface area contributed by atoms with Crippen LogP contribution in [0.2, 0.25) is 0 Å². The molecule has 0 aromatic rings. The van der Waals surface area contributed by atoms with Crippen molar-refractivity contribution in [1.29, 1.82) is 0 Å². The highest BCUT2D eigenvalue weighted by atomic mass is 16.3. The SMILES string of the molecule is CCCCCCCN(CCO)C1CCC1. The van der Waals surface area contributed by atoms with Gasteiger partial charge in [-0.2, -0.15) is 0 Å². The Balaban J connectivity index is 2.03. The predicted octanol–water partition coefficient (Wildman–Crippen LogP) is 2.80. The molecule has 2 nitrogen and oxygen atoms in total. The van der Waals surface area contributed by atoms with Gasteiger partial charge in [-0.05, 0) is 25.8 Å². The average Bonchev–Trinajstić information content (AvgIpc) is 2.15. The van der Waals surface area contributed by atoms with E-state index in [-0.39, 0.29) is 0 Å². The summed E-state index contributed by atoms with van der Waals surface area (Å²) in [5, 5.41) is 9.00. The zero-order valence-electron chi connectivity index (χ0n) is 10.2. The van der Waals surface area contributed by atoms with Crippen molar-refractivity contribution in [2.75, 3.05) is 19.7 Å². The van der Waals surface area contributed by atoms with E-state index in [2.05, 4.69) is 11.8 Å². The molecule has 1 rings (SSSR count). The molecule has 15 heavy (non-hydrogen) atoms. The van der Waals surface area contributed by atoms with Crippen molar-refractivity contribution in [2.45, 2.75) is 64.3 Å². The van der Waals surface area contributed by atoms with Gasteiger partial charge >= 0.3 is 0 Å². The third-order valence-electron chi connectivity index (χ3n) is 3.53. The molecule has 0 atom stereocenters. The van der Waals surface area contributed by atoms with E-state index in [9.17, 15) is 0 Å². The van der Waals surface area contributed by atoms with E-state index in [1.54, 1.807) is 0 Å². The van der Waals surface area contributed by atoms with Gasteiger partial charge in [0.2, 0.25) is 0 Å². The Kier molecular flexibility index (Phi) is 7.03. The van der Waals surface area contributed by atoms with Crippen LogP contribution in [0.5, 0.6) is 0 Å². The van der Waals surface area contributed by atoms with Gasteiger partial charge in [-0.15, -0.1) is 0 Å². The summed E-state index contributed by atoms with van der Waals surface area (Å²) in [6, 6.07) is 0.795. The lowest BCUT2D eigenvalue weighted by Crippen LogP contribution is -2.42. The molecule has 0 spiro atoms. The van der Waals surface area contributed by atoms with Crippen LogP contribution >= 0.6 is 0 Å². The van der Waals surface area contributed by atoms with E-state index >= 15 is 0 Å². The van der Waals surface area contributed by atoms with E-state index in [0.717, 1.165) is 12.6 Å². The van der Waals surface area contributed by atoms with Crippen molar-refractivity contribution in [3.8, 4) is 0 Å².